The minimum atomic E-state index is -0.695. The van der Waals surface area contributed by atoms with Crippen LogP contribution in [0.15, 0.2) is 54.9 Å². The first-order chi connectivity index (χ1) is 13.7. The van der Waals surface area contributed by atoms with Gasteiger partial charge in [0.05, 0.1) is 10.8 Å². The number of hydrogen-bond donors (Lipinski definition) is 2. The molecule has 0 amide bonds. The zero-order valence-electron chi connectivity index (χ0n) is 15.4. The van der Waals surface area contributed by atoms with Crippen molar-refractivity contribution in [2.45, 2.75) is 19.4 Å². The number of rotatable bonds is 6. The van der Waals surface area contributed by atoms with Gasteiger partial charge in [0.2, 0.25) is 0 Å². The number of likely N-dealkylation sites (tertiary alicyclic amines) is 1. The first-order valence-electron chi connectivity index (χ1n) is 9.36. The van der Waals surface area contributed by atoms with Crippen LogP contribution in [-0.4, -0.2) is 39.0 Å². The number of benzene rings is 1. The van der Waals surface area contributed by atoms with Crippen LogP contribution in [0.5, 0.6) is 0 Å². The van der Waals surface area contributed by atoms with E-state index in [4.69, 9.17) is 0 Å². The lowest BCUT2D eigenvalue weighted by Gasteiger charge is -2.30. The Bertz CT molecular complexity index is 944. The van der Waals surface area contributed by atoms with Crippen molar-refractivity contribution < 1.29 is 9.90 Å². The summed E-state index contributed by atoms with van der Waals surface area (Å²) in [4.78, 5) is 23.4. The highest BCUT2D eigenvalue weighted by Gasteiger charge is 2.25. The van der Waals surface area contributed by atoms with Crippen molar-refractivity contribution in [3.63, 3.8) is 0 Å². The van der Waals surface area contributed by atoms with E-state index < -0.39 is 5.97 Å². The van der Waals surface area contributed by atoms with Crippen molar-refractivity contribution in [1.29, 1.82) is 0 Å². The Morgan fingerprint density at radius 1 is 1.25 bits per heavy atom. The van der Waals surface area contributed by atoms with Gasteiger partial charge < -0.3 is 10.4 Å². The Morgan fingerprint density at radius 2 is 2.11 bits per heavy atom. The number of hydrogen-bond acceptors (Lipinski definition) is 6. The molecule has 4 rings (SSSR count). The van der Waals surface area contributed by atoms with E-state index in [0.717, 1.165) is 52.9 Å². The van der Waals surface area contributed by atoms with E-state index in [1.54, 1.807) is 17.5 Å². The number of nitrogens with zero attached hydrogens (tertiary/aromatic N) is 3. The van der Waals surface area contributed by atoms with Crippen molar-refractivity contribution in [2.24, 2.45) is 5.92 Å². The van der Waals surface area contributed by atoms with E-state index in [-0.39, 0.29) is 5.92 Å². The lowest BCUT2D eigenvalue weighted by atomic mass is 9.98. The van der Waals surface area contributed by atoms with Crippen LogP contribution in [0.3, 0.4) is 0 Å². The van der Waals surface area contributed by atoms with Crippen LogP contribution in [0.2, 0.25) is 0 Å². The van der Waals surface area contributed by atoms with Gasteiger partial charge in [-0.25, -0.2) is 9.97 Å². The normalized spacial score (nSPS) is 17.4. The van der Waals surface area contributed by atoms with E-state index in [2.05, 4.69) is 32.3 Å². The zero-order chi connectivity index (χ0) is 19.3. The fraction of sp³-hybridized carbons (Fsp3) is 0.286. The molecule has 2 N–H and O–H groups in total. The van der Waals surface area contributed by atoms with Gasteiger partial charge in [0.25, 0.3) is 0 Å². The number of pyridine rings is 1. The number of aliphatic carboxylic acids is 1. The van der Waals surface area contributed by atoms with E-state index in [1.807, 2.05) is 36.5 Å². The van der Waals surface area contributed by atoms with Crippen LogP contribution < -0.4 is 5.32 Å². The van der Waals surface area contributed by atoms with Crippen molar-refractivity contribution in [3.8, 4) is 10.4 Å². The van der Waals surface area contributed by atoms with Crippen molar-refractivity contribution >= 4 is 28.3 Å². The molecule has 0 bridgehead atoms. The maximum absolute atomic E-state index is 11.3. The average molecular weight is 395 g/mol. The molecule has 1 aromatic carbocycles. The fourth-order valence-electron chi connectivity index (χ4n) is 3.48. The summed E-state index contributed by atoms with van der Waals surface area (Å²) in [5.41, 5.74) is 2.26. The predicted molar refractivity (Wildman–Crippen MR) is 111 cm³/mol. The largest absolute Gasteiger partial charge is 0.481 e. The highest BCUT2D eigenvalue weighted by atomic mass is 32.1. The smallest absolute Gasteiger partial charge is 0.307 e. The highest BCUT2D eigenvalue weighted by Crippen LogP contribution is 2.30. The van der Waals surface area contributed by atoms with Gasteiger partial charge in [-0.05, 0) is 42.6 Å². The molecule has 0 radical (unpaired) electrons. The van der Waals surface area contributed by atoms with Crippen LogP contribution >= 0.6 is 11.3 Å². The van der Waals surface area contributed by atoms with Crippen LogP contribution in [0, 0.1) is 5.92 Å². The summed E-state index contributed by atoms with van der Waals surface area (Å²) in [6.45, 7) is 2.27. The molecule has 2 aromatic heterocycles. The molecule has 1 aliphatic rings. The van der Waals surface area contributed by atoms with E-state index in [9.17, 15) is 9.90 Å². The number of carboxylic acid groups (broad SMARTS) is 1. The molecule has 7 heteroatoms. The molecule has 144 valence electrons. The quantitative estimate of drug-likeness (QED) is 0.651. The third-order valence-electron chi connectivity index (χ3n) is 4.88. The van der Waals surface area contributed by atoms with Crippen molar-refractivity contribution in [1.82, 2.24) is 14.9 Å². The molecular formula is C21H22N4O2S. The van der Waals surface area contributed by atoms with Crippen LogP contribution in [0.4, 0.5) is 10.9 Å². The lowest BCUT2D eigenvalue weighted by Crippen LogP contribution is -2.38. The van der Waals surface area contributed by atoms with Gasteiger partial charge >= 0.3 is 5.97 Å². The van der Waals surface area contributed by atoms with Gasteiger partial charge in [-0.3, -0.25) is 9.69 Å². The maximum atomic E-state index is 11.3. The van der Waals surface area contributed by atoms with E-state index >= 15 is 0 Å². The second kappa shape index (κ2) is 8.50. The number of nitrogens with one attached hydrogen (secondary N) is 1. The molecule has 0 spiro atoms. The molecule has 3 heterocycles. The summed E-state index contributed by atoms with van der Waals surface area (Å²) in [5, 5.41) is 13.3. The fourth-order valence-corrected chi connectivity index (χ4v) is 4.31. The van der Waals surface area contributed by atoms with Crippen LogP contribution in [-0.2, 0) is 11.3 Å². The average Bonchev–Trinajstić information content (AvgIpc) is 3.18. The molecule has 0 aliphatic carbocycles. The predicted octanol–water partition coefficient (Wildman–Crippen LogP) is 4.25. The van der Waals surface area contributed by atoms with Gasteiger partial charge in [-0.2, -0.15) is 0 Å². The molecule has 6 nitrogen and oxygen atoms in total. The number of carbonyl (C=O) groups is 1. The Balaban J connectivity index is 1.42. The monoisotopic (exact) mass is 394 g/mol. The molecule has 1 aliphatic heterocycles. The second-order valence-electron chi connectivity index (χ2n) is 6.98. The minimum absolute atomic E-state index is 0.264. The summed E-state index contributed by atoms with van der Waals surface area (Å²) in [6, 6.07) is 14.2. The molecule has 3 aromatic rings. The Labute approximate surface area is 167 Å². The molecule has 0 saturated carbocycles. The number of anilines is 2. The summed E-state index contributed by atoms with van der Waals surface area (Å²) >= 11 is 1.59. The van der Waals surface area contributed by atoms with Gasteiger partial charge in [0, 0.05) is 25.5 Å². The summed E-state index contributed by atoms with van der Waals surface area (Å²) in [5.74, 6) is -0.210. The molecule has 28 heavy (non-hydrogen) atoms. The van der Waals surface area contributed by atoms with Gasteiger partial charge in [-0.1, -0.05) is 41.7 Å². The van der Waals surface area contributed by atoms with Gasteiger partial charge in [0.1, 0.15) is 5.82 Å². The van der Waals surface area contributed by atoms with E-state index in [1.165, 1.54) is 0 Å². The first-order valence-corrected chi connectivity index (χ1v) is 10.2. The SMILES string of the molecule is O=C(O)C1CCCN(Cc2ccnc(Nc3ncc(-c4ccccc4)s3)c2)C1. The van der Waals surface area contributed by atoms with Crippen LogP contribution in [0.25, 0.3) is 10.4 Å². The molecule has 1 fully saturated rings. The minimum Gasteiger partial charge on any atom is -0.481 e. The number of thiazole rings is 1. The molecule has 1 saturated heterocycles. The summed E-state index contributed by atoms with van der Waals surface area (Å²) in [7, 11) is 0. The van der Waals surface area contributed by atoms with Crippen molar-refractivity contribution in [2.75, 3.05) is 18.4 Å². The third kappa shape index (κ3) is 4.55. The Hall–Kier alpha value is -2.77. The Morgan fingerprint density at radius 3 is 2.93 bits per heavy atom. The molecular weight excluding hydrogens is 372 g/mol. The number of aromatic nitrogens is 2. The zero-order valence-corrected chi connectivity index (χ0v) is 16.2. The van der Waals surface area contributed by atoms with Crippen molar-refractivity contribution in [3.05, 3.63) is 60.4 Å². The van der Waals surface area contributed by atoms with E-state index in [0.29, 0.717) is 6.54 Å². The number of carboxylic acids is 1. The topological polar surface area (TPSA) is 78.3 Å². The van der Waals surface area contributed by atoms with Gasteiger partial charge in [-0.15, -0.1) is 0 Å². The van der Waals surface area contributed by atoms with Gasteiger partial charge in [0.15, 0.2) is 5.13 Å². The molecule has 1 unspecified atom stereocenters. The third-order valence-corrected chi connectivity index (χ3v) is 5.85. The molecule has 1 atom stereocenters. The summed E-state index contributed by atoms with van der Waals surface area (Å²) in [6.07, 6.45) is 5.34. The maximum Gasteiger partial charge on any atom is 0.307 e. The standard InChI is InChI=1S/C21H22N4O2S/c26-20(27)17-7-4-10-25(14-17)13-15-8-9-22-19(11-15)24-21-23-12-18(28-21)16-5-2-1-3-6-16/h1-3,5-6,8-9,11-12,17H,4,7,10,13-14H2,(H,26,27)(H,22,23,24). The highest BCUT2D eigenvalue weighted by molar-refractivity contribution is 7.18. The van der Waals surface area contributed by atoms with Crippen LogP contribution in [0.1, 0.15) is 18.4 Å². The Kier molecular flexibility index (Phi) is 5.64. The first kappa shape index (κ1) is 18.6. The lowest BCUT2D eigenvalue weighted by molar-refractivity contribution is -0.143. The second-order valence-corrected chi connectivity index (χ2v) is 8.01. The number of piperidine rings is 1. The summed E-state index contributed by atoms with van der Waals surface area (Å²) < 4.78 is 0.